The van der Waals surface area contributed by atoms with Gasteiger partial charge in [-0.15, -0.1) is 5.01 Å². The molecule has 0 bridgehead atoms. The van der Waals surface area contributed by atoms with E-state index in [4.69, 9.17) is 5.10 Å². The summed E-state index contributed by atoms with van der Waals surface area (Å²) in [6.45, 7) is 0. The summed E-state index contributed by atoms with van der Waals surface area (Å²) in [4.78, 5) is 15.6. The first-order chi connectivity index (χ1) is 13.3. The highest BCUT2D eigenvalue weighted by atomic mass is 127. The van der Waals surface area contributed by atoms with Gasteiger partial charge in [0, 0.05) is 23.4 Å². The number of nitrogens with one attached hydrogen (secondary N) is 1. The van der Waals surface area contributed by atoms with Gasteiger partial charge in [0.15, 0.2) is 5.69 Å². The smallest absolute Gasteiger partial charge is 0.263 e. The van der Waals surface area contributed by atoms with Crippen LogP contribution < -0.4 is 33.9 Å². The van der Waals surface area contributed by atoms with E-state index in [1.165, 1.54) is 0 Å². The number of hydrogen-bond donors (Lipinski definition) is 1. The highest BCUT2D eigenvalue weighted by Gasteiger charge is 2.46. The number of amidine groups is 1. The fraction of sp³-hybridized carbons (Fsp3) is 0.0909. The van der Waals surface area contributed by atoms with E-state index in [-0.39, 0.29) is 29.8 Å². The minimum Gasteiger partial charge on any atom is -1.00 e. The van der Waals surface area contributed by atoms with Crippen molar-refractivity contribution >= 4 is 34.1 Å². The van der Waals surface area contributed by atoms with Crippen LogP contribution in [0, 0.1) is 0 Å². The van der Waals surface area contributed by atoms with Gasteiger partial charge in [0.25, 0.3) is 6.17 Å². The fourth-order valence-corrected chi connectivity index (χ4v) is 3.87. The summed E-state index contributed by atoms with van der Waals surface area (Å²) in [7, 11) is 0. The molecule has 3 aromatic carbocycles. The van der Waals surface area contributed by atoms with Crippen LogP contribution in [0.1, 0.15) is 10.4 Å². The molecule has 0 radical (unpaired) electrons. The van der Waals surface area contributed by atoms with Gasteiger partial charge in [-0.1, -0.05) is 83.6 Å². The van der Waals surface area contributed by atoms with Crippen LogP contribution in [0.25, 0.3) is 0 Å². The van der Waals surface area contributed by atoms with Gasteiger partial charge in [-0.05, 0) is 18.4 Å². The van der Waals surface area contributed by atoms with Crippen molar-refractivity contribution in [3.05, 3.63) is 96.6 Å². The molecule has 1 heterocycles. The Balaban J connectivity index is 0.00000225. The predicted molar refractivity (Wildman–Crippen MR) is 111 cm³/mol. The van der Waals surface area contributed by atoms with Crippen molar-refractivity contribution in [2.45, 2.75) is 6.17 Å². The Kier molecular flexibility index (Phi) is 6.88. The predicted octanol–water partition coefficient (Wildman–Crippen LogP) is 0.570. The van der Waals surface area contributed by atoms with Crippen molar-refractivity contribution in [3.63, 3.8) is 0 Å². The Bertz CT molecular complexity index is 951. The van der Waals surface area contributed by atoms with E-state index < -0.39 is 6.17 Å². The van der Waals surface area contributed by atoms with E-state index in [1.807, 2.05) is 102 Å². The Morgan fingerprint density at radius 1 is 0.893 bits per heavy atom. The first-order valence-corrected chi connectivity index (χ1v) is 10.0. The van der Waals surface area contributed by atoms with E-state index in [0.29, 0.717) is 5.56 Å². The molecule has 6 heteroatoms. The first kappa shape index (κ1) is 20.6. The van der Waals surface area contributed by atoms with Gasteiger partial charge < -0.3 is 24.0 Å². The van der Waals surface area contributed by atoms with Crippen LogP contribution in [0.2, 0.25) is 0 Å². The van der Waals surface area contributed by atoms with Crippen molar-refractivity contribution in [2.75, 3.05) is 11.2 Å². The molecule has 0 aliphatic carbocycles. The number of anilines is 1. The molecule has 3 aromatic rings. The average molecular weight is 501 g/mol. The number of carbonyl (C=O) groups excluding carboxylic acids is 1. The van der Waals surface area contributed by atoms with Crippen molar-refractivity contribution in [3.8, 4) is 0 Å². The van der Waals surface area contributed by atoms with Crippen molar-refractivity contribution < 1.29 is 33.8 Å². The molecule has 0 amide bonds. The number of quaternary nitrogens is 1. The summed E-state index contributed by atoms with van der Waals surface area (Å²) in [6, 6.07) is 29.4. The van der Waals surface area contributed by atoms with Gasteiger partial charge >= 0.3 is 0 Å². The molecule has 0 fully saturated rings. The number of Topliss-reactive ketones (excluding diaryl/α,β-unsaturated/α-hetero) is 1. The highest BCUT2D eigenvalue weighted by Crippen LogP contribution is 2.25. The Morgan fingerprint density at radius 3 is 2.00 bits per heavy atom. The number of hydrogen-bond acceptors (Lipinski definition) is 4. The minimum atomic E-state index is -0.486. The van der Waals surface area contributed by atoms with Crippen molar-refractivity contribution in [2.24, 2.45) is 5.10 Å². The van der Waals surface area contributed by atoms with Crippen LogP contribution in [-0.2, 0) is 0 Å². The van der Waals surface area contributed by atoms with Gasteiger partial charge in [0.1, 0.15) is 0 Å². The molecule has 4 rings (SSSR count). The SMILES string of the molecule is CSC1=N[NH+](c2ccccc2)C(C(=O)c2ccccc2)N1c1ccccc1.[I-]. The van der Waals surface area contributed by atoms with Crippen LogP contribution >= 0.6 is 11.8 Å². The molecular formula is C22H20IN3OS. The third kappa shape index (κ3) is 3.99. The number of rotatable bonds is 4. The van der Waals surface area contributed by atoms with Gasteiger partial charge in [-0.3, -0.25) is 9.69 Å². The maximum atomic E-state index is 13.5. The zero-order valence-electron chi connectivity index (χ0n) is 15.3. The molecule has 1 aliphatic heterocycles. The normalized spacial score (nSPS) is 18.3. The second kappa shape index (κ2) is 9.36. The average Bonchev–Trinajstić information content (AvgIpc) is 3.15. The minimum absolute atomic E-state index is 0. The van der Waals surface area contributed by atoms with Crippen LogP contribution in [0.4, 0.5) is 11.4 Å². The maximum Gasteiger partial charge on any atom is 0.263 e. The summed E-state index contributed by atoms with van der Waals surface area (Å²) >= 11 is 1.55. The van der Waals surface area contributed by atoms with E-state index >= 15 is 0 Å². The molecule has 28 heavy (non-hydrogen) atoms. The highest BCUT2D eigenvalue weighted by molar-refractivity contribution is 8.13. The summed E-state index contributed by atoms with van der Waals surface area (Å²) in [5.74, 6) is 0.0473. The van der Waals surface area contributed by atoms with Gasteiger partial charge in [0.05, 0.1) is 0 Å². The molecule has 0 aromatic heterocycles. The largest absolute Gasteiger partial charge is 1.00 e. The molecule has 2 unspecified atom stereocenters. The van der Waals surface area contributed by atoms with Crippen molar-refractivity contribution in [1.29, 1.82) is 0 Å². The number of carbonyl (C=O) groups is 1. The van der Waals surface area contributed by atoms with Crippen LogP contribution in [0.3, 0.4) is 0 Å². The van der Waals surface area contributed by atoms with Gasteiger partial charge in [0.2, 0.25) is 11.0 Å². The summed E-state index contributed by atoms with van der Waals surface area (Å²) < 4.78 is 0. The zero-order valence-corrected chi connectivity index (χ0v) is 18.3. The Hall–Kier alpha value is -2.16. The lowest BCUT2D eigenvalue weighted by Gasteiger charge is -2.26. The number of halogens is 1. The molecule has 2 atom stereocenters. The molecule has 1 N–H and O–H groups in total. The lowest BCUT2D eigenvalue weighted by atomic mass is 10.1. The van der Waals surface area contributed by atoms with Crippen LogP contribution in [0.5, 0.6) is 0 Å². The maximum absolute atomic E-state index is 13.5. The second-order valence-corrected chi connectivity index (χ2v) is 6.96. The summed E-state index contributed by atoms with van der Waals surface area (Å²) in [6.07, 6.45) is 1.51. The summed E-state index contributed by atoms with van der Waals surface area (Å²) in [5, 5.41) is 6.48. The standard InChI is InChI=1S/C22H19N3OS.HI/c1-27-22-23-25(19-15-9-4-10-16-19)21(20(26)17-11-5-2-6-12-17)24(22)18-13-7-3-8-14-18;/h2-16,21H,1H3;1H. The van der Waals surface area contributed by atoms with Gasteiger partial charge in [-0.25, -0.2) is 0 Å². The van der Waals surface area contributed by atoms with E-state index in [2.05, 4.69) is 0 Å². The topological polar surface area (TPSA) is 37.1 Å². The Labute approximate surface area is 186 Å². The lowest BCUT2D eigenvalue weighted by molar-refractivity contribution is -0.849. The number of nitrogens with zero attached hydrogens (tertiary/aromatic N) is 2. The van der Waals surface area contributed by atoms with E-state index in [0.717, 1.165) is 21.6 Å². The molecule has 142 valence electrons. The third-order valence-electron chi connectivity index (χ3n) is 4.53. The monoisotopic (exact) mass is 501 g/mol. The number of ketones is 1. The zero-order chi connectivity index (χ0) is 18.6. The number of thioether (sulfide) groups is 1. The molecule has 0 saturated carbocycles. The third-order valence-corrected chi connectivity index (χ3v) is 5.19. The van der Waals surface area contributed by atoms with Crippen LogP contribution in [-0.4, -0.2) is 23.4 Å². The molecule has 1 aliphatic rings. The molecule has 0 spiro atoms. The number of benzene rings is 3. The van der Waals surface area contributed by atoms with Gasteiger partial charge in [-0.2, -0.15) is 0 Å². The fourth-order valence-electron chi connectivity index (χ4n) is 3.28. The van der Waals surface area contributed by atoms with E-state index in [1.54, 1.807) is 11.8 Å². The summed E-state index contributed by atoms with van der Waals surface area (Å²) in [5.41, 5.74) is 2.62. The number of para-hydroxylation sites is 2. The Morgan fingerprint density at radius 2 is 1.43 bits per heavy atom. The van der Waals surface area contributed by atoms with Crippen molar-refractivity contribution in [1.82, 2.24) is 0 Å². The molecule has 0 saturated heterocycles. The first-order valence-electron chi connectivity index (χ1n) is 8.78. The quantitative estimate of drug-likeness (QED) is 0.420. The molecular weight excluding hydrogens is 481 g/mol. The second-order valence-electron chi connectivity index (χ2n) is 6.19. The van der Waals surface area contributed by atoms with Crippen LogP contribution in [0.15, 0.2) is 96.1 Å². The lowest BCUT2D eigenvalue weighted by Crippen LogP contribution is -3.08. The van der Waals surface area contributed by atoms with E-state index in [9.17, 15) is 4.79 Å². The molecule has 4 nitrogen and oxygen atoms in total.